The number of anilines is 1. The molecule has 0 aliphatic carbocycles. The highest BCUT2D eigenvalue weighted by Crippen LogP contribution is 2.31. The van der Waals surface area contributed by atoms with Crippen LogP contribution in [0.4, 0.5) is 5.69 Å². The number of hydrogen-bond acceptors (Lipinski definition) is 3. The molecule has 1 saturated heterocycles. The highest BCUT2D eigenvalue weighted by molar-refractivity contribution is 5.70. The van der Waals surface area contributed by atoms with Gasteiger partial charge in [-0.25, -0.2) is 0 Å². The zero-order chi connectivity index (χ0) is 16.8. The summed E-state index contributed by atoms with van der Waals surface area (Å²) < 4.78 is 5.41. The molecule has 0 saturated carbocycles. The average molecular weight is 323 g/mol. The highest BCUT2D eigenvalue weighted by Gasteiger charge is 2.30. The maximum absolute atomic E-state index is 12.0. The Hall–Kier alpha value is -2.13. The van der Waals surface area contributed by atoms with Crippen molar-refractivity contribution in [2.24, 2.45) is 0 Å². The van der Waals surface area contributed by atoms with E-state index in [1.54, 1.807) is 0 Å². The normalized spacial score (nSPS) is 17.3. The molecule has 2 aromatic carbocycles. The monoisotopic (exact) mass is 323 g/mol. The van der Waals surface area contributed by atoms with Crippen LogP contribution in [0.1, 0.15) is 24.5 Å². The van der Waals surface area contributed by atoms with E-state index in [-0.39, 0.29) is 0 Å². The predicted octanol–water partition coefficient (Wildman–Crippen LogP) is 3.61. The van der Waals surface area contributed by atoms with Crippen LogP contribution in [0.15, 0.2) is 54.6 Å². The molecule has 3 nitrogen and oxygen atoms in total. The molecule has 2 aromatic rings. The molecule has 1 aliphatic rings. The number of carbonyl (C=O) groups is 1. The smallest absolute Gasteiger partial charge is 0.130 e. The van der Waals surface area contributed by atoms with Crippen molar-refractivity contribution in [1.29, 1.82) is 0 Å². The quantitative estimate of drug-likeness (QED) is 0.761. The summed E-state index contributed by atoms with van der Waals surface area (Å²) in [7, 11) is 0. The number of carbonyl (C=O) groups excluding carboxylic acids is 1. The van der Waals surface area contributed by atoms with Crippen molar-refractivity contribution < 1.29 is 9.53 Å². The average Bonchev–Trinajstić information content (AvgIpc) is 2.68. The van der Waals surface area contributed by atoms with Crippen molar-refractivity contribution >= 4 is 12.0 Å². The number of aldehydes is 1. The molecule has 1 unspecified atom stereocenters. The molecule has 1 heterocycles. The van der Waals surface area contributed by atoms with E-state index in [1.807, 2.05) is 18.2 Å². The summed E-state index contributed by atoms with van der Waals surface area (Å²) >= 11 is 0. The maximum atomic E-state index is 12.0. The number of nitrogens with zero attached hydrogens (tertiary/aromatic N) is 1. The topological polar surface area (TPSA) is 29.5 Å². The van der Waals surface area contributed by atoms with Gasteiger partial charge in [-0.1, -0.05) is 49.4 Å². The molecule has 0 bridgehead atoms. The zero-order valence-corrected chi connectivity index (χ0v) is 14.3. The Kier molecular flexibility index (Phi) is 5.31. The van der Waals surface area contributed by atoms with Crippen LogP contribution in [0.2, 0.25) is 0 Å². The van der Waals surface area contributed by atoms with E-state index in [2.05, 4.69) is 48.2 Å². The number of ether oxygens (including phenoxy) is 1. The van der Waals surface area contributed by atoms with Gasteiger partial charge in [0.05, 0.1) is 18.6 Å². The summed E-state index contributed by atoms with van der Waals surface area (Å²) in [6.45, 7) is 5.51. The van der Waals surface area contributed by atoms with Crippen LogP contribution >= 0.6 is 0 Å². The lowest BCUT2D eigenvalue weighted by atomic mass is 9.74. The van der Waals surface area contributed by atoms with Gasteiger partial charge >= 0.3 is 0 Å². The number of benzene rings is 2. The van der Waals surface area contributed by atoms with Crippen LogP contribution in [-0.2, 0) is 21.4 Å². The first-order chi connectivity index (χ1) is 11.8. The molecule has 0 spiro atoms. The molecule has 1 fully saturated rings. The highest BCUT2D eigenvalue weighted by atomic mass is 16.5. The Balaban J connectivity index is 1.84. The third-order valence-corrected chi connectivity index (χ3v) is 5.04. The summed E-state index contributed by atoms with van der Waals surface area (Å²) in [6.07, 6.45) is 2.66. The Labute approximate surface area is 144 Å². The van der Waals surface area contributed by atoms with Crippen molar-refractivity contribution in [1.82, 2.24) is 0 Å². The third-order valence-electron chi connectivity index (χ3n) is 5.04. The van der Waals surface area contributed by atoms with E-state index in [0.717, 1.165) is 51.0 Å². The fourth-order valence-corrected chi connectivity index (χ4v) is 3.41. The predicted molar refractivity (Wildman–Crippen MR) is 97.7 cm³/mol. The molecule has 1 atom stereocenters. The standard InChI is InChI=1S/C21H25NO2/c1-2-21(17-23,16-18-6-4-3-5-7-18)19-8-10-20(11-9-19)22-12-14-24-15-13-22/h3-11,17H,2,12-16H2,1H3. The molecule has 0 radical (unpaired) electrons. The van der Waals surface area contributed by atoms with Crippen molar-refractivity contribution in [3.8, 4) is 0 Å². The van der Waals surface area contributed by atoms with Crippen LogP contribution in [-0.4, -0.2) is 32.6 Å². The summed E-state index contributed by atoms with van der Waals surface area (Å²) in [4.78, 5) is 14.4. The van der Waals surface area contributed by atoms with E-state index < -0.39 is 5.41 Å². The molecule has 24 heavy (non-hydrogen) atoms. The minimum Gasteiger partial charge on any atom is -0.378 e. The van der Waals surface area contributed by atoms with Crippen molar-refractivity contribution in [3.05, 3.63) is 65.7 Å². The fraction of sp³-hybridized carbons (Fsp3) is 0.381. The first-order valence-corrected chi connectivity index (χ1v) is 8.71. The molecule has 0 aromatic heterocycles. The first kappa shape index (κ1) is 16.7. The van der Waals surface area contributed by atoms with E-state index in [9.17, 15) is 4.79 Å². The lowest BCUT2D eigenvalue weighted by molar-refractivity contribution is -0.112. The molecule has 1 aliphatic heterocycles. The molecule has 0 N–H and O–H groups in total. The van der Waals surface area contributed by atoms with Gasteiger partial charge < -0.3 is 14.4 Å². The van der Waals surface area contributed by atoms with Crippen LogP contribution in [0.3, 0.4) is 0 Å². The van der Waals surface area contributed by atoms with Crippen LogP contribution in [0.5, 0.6) is 0 Å². The van der Waals surface area contributed by atoms with E-state index in [1.165, 1.54) is 11.3 Å². The van der Waals surface area contributed by atoms with Gasteiger partial charge in [-0.15, -0.1) is 0 Å². The van der Waals surface area contributed by atoms with Crippen LogP contribution < -0.4 is 4.90 Å². The molecular formula is C21H25NO2. The lowest BCUT2D eigenvalue weighted by Crippen LogP contribution is -2.36. The van der Waals surface area contributed by atoms with Gasteiger partial charge in [-0.2, -0.15) is 0 Å². The van der Waals surface area contributed by atoms with E-state index in [4.69, 9.17) is 4.74 Å². The second-order valence-electron chi connectivity index (χ2n) is 6.44. The van der Waals surface area contributed by atoms with Gasteiger partial charge in [0.2, 0.25) is 0 Å². The van der Waals surface area contributed by atoms with Crippen LogP contribution in [0.25, 0.3) is 0 Å². The van der Waals surface area contributed by atoms with Crippen LogP contribution in [0, 0.1) is 0 Å². The van der Waals surface area contributed by atoms with E-state index in [0.29, 0.717) is 0 Å². The SMILES string of the molecule is CCC(C=O)(Cc1ccccc1)c1ccc(N2CCOCC2)cc1. The van der Waals surface area contributed by atoms with Crippen molar-refractivity contribution in [2.45, 2.75) is 25.2 Å². The molecule has 3 heteroatoms. The Morgan fingerprint density at radius 1 is 1.04 bits per heavy atom. The molecule has 3 rings (SSSR count). The second-order valence-corrected chi connectivity index (χ2v) is 6.44. The molecule has 126 valence electrons. The number of hydrogen-bond donors (Lipinski definition) is 0. The lowest BCUT2D eigenvalue weighted by Gasteiger charge is -2.31. The molecule has 0 amide bonds. The fourth-order valence-electron chi connectivity index (χ4n) is 3.41. The van der Waals surface area contributed by atoms with Gasteiger partial charge in [0.1, 0.15) is 6.29 Å². The Morgan fingerprint density at radius 3 is 2.29 bits per heavy atom. The minimum atomic E-state index is -0.453. The summed E-state index contributed by atoms with van der Waals surface area (Å²) in [6, 6.07) is 18.8. The number of rotatable bonds is 6. The number of morpholine rings is 1. The largest absolute Gasteiger partial charge is 0.378 e. The maximum Gasteiger partial charge on any atom is 0.130 e. The summed E-state index contributed by atoms with van der Waals surface area (Å²) in [5.74, 6) is 0. The zero-order valence-electron chi connectivity index (χ0n) is 14.3. The minimum absolute atomic E-state index is 0.453. The van der Waals surface area contributed by atoms with Gasteiger partial charge in [-0.3, -0.25) is 0 Å². The Morgan fingerprint density at radius 2 is 1.71 bits per heavy atom. The van der Waals surface area contributed by atoms with Gasteiger partial charge in [-0.05, 0) is 36.1 Å². The first-order valence-electron chi connectivity index (χ1n) is 8.71. The van der Waals surface area contributed by atoms with Gasteiger partial charge in [0, 0.05) is 18.8 Å². The Bertz CT molecular complexity index is 647. The third kappa shape index (κ3) is 3.51. The second kappa shape index (κ2) is 7.63. The van der Waals surface area contributed by atoms with E-state index >= 15 is 0 Å². The summed E-state index contributed by atoms with van der Waals surface area (Å²) in [5, 5.41) is 0. The van der Waals surface area contributed by atoms with Crippen molar-refractivity contribution in [2.75, 3.05) is 31.2 Å². The van der Waals surface area contributed by atoms with Gasteiger partial charge in [0.15, 0.2) is 0 Å². The van der Waals surface area contributed by atoms with Crippen molar-refractivity contribution in [3.63, 3.8) is 0 Å². The van der Waals surface area contributed by atoms with Gasteiger partial charge in [0.25, 0.3) is 0 Å². The summed E-state index contributed by atoms with van der Waals surface area (Å²) in [5.41, 5.74) is 3.05. The molecular weight excluding hydrogens is 298 g/mol.